The van der Waals surface area contributed by atoms with Gasteiger partial charge in [-0.25, -0.2) is 4.68 Å². The van der Waals surface area contributed by atoms with Gasteiger partial charge in [0.2, 0.25) is 0 Å². The number of carbonyl (C=O) groups excluding carboxylic acids is 1. The predicted molar refractivity (Wildman–Crippen MR) is 27.8 cm³/mol. The fourth-order valence-corrected chi connectivity index (χ4v) is 0.564. The quantitative estimate of drug-likeness (QED) is 0.478. The summed E-state index contributed by atoms with van der Waals surface area (Å²) in [5.74, 6) is -1.59. The minimum Gasteiger partial charge on any atom is -0.541 e. The van der Waals surface area contributed by atoms with E-state index in [1.54, 1.807) is 6.92 Å². The van der Waals surface area contributed by atoms with Gasteiger partial charge in [0.05, 0.1) is 0 Å². The number of hydrogen-bond donors (Lipinski definition) is 0. The molecule has 1 heterocycles. The summed E-state index contributed by atoms with van der Waals surface area (Å²) in [6.45, 7) is 2.17. The van der Waals surface area contributed by atoms with Crippen molar-refractivity contribution < 1.29 is 9.90 Å². The second-order valence-electron chi connectivity index (χ2n) is 1.61. The molecule has 1 aromatic rings. The molecule has 0 radical (unpaired) electrons. The molecule has 0 bridgehead atoms. The average Bonchev–Trinajstić information content (AvgIpc) is 2.33. The molecule has 0 aliphatic carbocycles. The van der Waals surface area contributed by atoms with Crippen molar-refractivity contribution in [2.75, 3.05) is 0 Å². The molecule has 0 aliphatic heterocycles. The van der Waals surface area contributed by atoms with E-state index in [0.29, 0.717) is 6.54 Å². The van der Waals surface area contributed by atoms with E-state index in [1.165, 1.54) is 0 Å². The van der Waals surface area contributed by atoms with Crippen LogP contribution in [0.3, 0.4) is 0 Å². The summed E-state index contributed by atoms with van der Waals surface area (Å²) in [5.41, 5.74) is 0. The largest absolute Gasteiger partial charge is 0.541 e. The van der Waals surface area contributed by atoms with E-state index in [-0.39, 0.29) is 5.82 Å². The van der Waals surface area contributed by atoms with E-state index in [1.807, 2.05) is 0 Å². The highest BCUT2D eigenvalue weighted by Crippen LogP contribution is 1.87. The Morgan fingerprint density at radius 2 is 2.50 bits per heavy atom. The fraction of sp³-hybridized carbons (Fsp3) is 0.500. The lowest BCUT2D eigenvalue weighted by Gasteiger charge is -1.98. The lowest BCUT2D eigenvalue weighted by atomic mass is 10.6. The number of aromatic nitrogens is 4. The molecule has 6 heteroatoms. The molecule has 10 heavy (non-hydrogen) atoms. The van der Waals surface area contributed by atoms with Crippen molar-refractivity contribution in [3.05, 3.63) is 5.82 Å². The van der Waals surface area contributed by atoms with Crippen LogP contribution < -0.4 is 5.11 Å². The van der Waals surface area contributed by atoms with Crippen LogP contribution in [0.1, 0.15) is 17.5 Å². The van der Waals surface area contributed by atoms with Crippen molar-refractivity contribution in [3.63, 3.8) is 0 Å². The van der Waals surface area contributed by atoms with Gasteiger partial charge in [0.1, 0.15) is 5.97 Å². The van der Waals surface area contributed by atoms with Crippen LogP contribution in [0.5, 0.6) is 0 Å². The molecule has 0 spiro atoms. The third kappa shape index (κ3) is 0.949. The zero-order chi connectivity index (χ0) is 7.56. The molecule has 0 atom stereocenters. The maximum atomic E-state index is 10.2. The third-order valence-electron chi connectivity index (χ3n) is 1.01. The summed E-state index contributed by atoms with van der Waals surface area (Å²) >= 11 is 0. The molecule has 0 aliphatic rings. The van der Waals surface area contributed by atoms with Crippen molar-refractivity contribution >= 4 is 5.97 Å². The topological polar surface area (TPSA) is 83.7 Å². The lowest BCUT2D eigenvalue weighted by molar-refractivity contribution is -0.256. The van der Waals surface area contributed by atoms with Crippen molar-refractivity contribution in [2.24, 2.45) is 0 Å². The van der Waals surface area contributed by atoms with E-state index >= 15 is 0 Å². The molecule has 1 aromatic heterocycles. The SMILES string of the molecule is CCn1nnnc1C(=O)[O-]. The monoisotopic (exact) mass is 141 g/mol. The van der Waals surface area contributed by atoms with Crippen LogP contribution in [0.15, 0.2) is 0 Å². The maximum Gasteiger partial charge on any atom is 0.197 e. The minimum atomic E-state index is -1.35. The summed E-state index contributed by atoms with van der Waals surface area (Å²) < 4.78 is 1.15. The van der Waals surface area contributed by atoms with Gasteiger partial charge in [-0.15, -0.1) is 5.10 Å². The number of rotatable bonds is 2. The van der Waals surface area contributed by atoms with Crippen LogP contribution in [0.25, 0.3) is 0 Å². The third-order valence-corrected chi connectivity index (χ3v) is 1.01. The highest BCUT2D eigenvalue weighted by atomic mass is 16.4. The van der Waals surface area contributed by atoms with Crippen molar-refractivity contribution in [3.8, 4) is 0 Å². The van der Waals surface area contributed by atoms with E-state index in [4.69, 9.17) is 0 Å². The molecule has 0 saturated heterocycles. The van der Waals surface area contributed by atoms with Gasteiger partial charge in [-0.1, -0.05) is 0 Å². The van der Waals surface area contributed by atoms with Gasteiger partial charge in [-0.2, -0.15) is 0 Å². The lowest BCUT2D eigenvalue weighted by Crippen LogP contribution is -2.26. The van der Waals surface area contributed by atoms with Gasteiger partial charge in [0.15, 0.2) is 5.82 Å². The Morgan fingerprint density at radius 3 is 2.90 bits per heavy atom. The maximum absolute atomic E-state index is 10.2. The van der Waals surface area contributed by atoms with E-state index in [2.05, 4.69) is 15.5 Å². The number of carboxylic acids is 1. The molecule has 54 valence electrons. The summed E-state index contributed by atoms with van der Waals surface area (Å²) in [7, 11) is 0. The number of tetrazole rings is 1. The molecule has 0 amide bonds. The summed E-state index contributed by atoms with van der Waals surface area (Å²) in [6, 6.07) is 0. The molecular formula is C4H5N4O2-. The molecule has 0 unspecified atom stereocenters. The number of carbonyl (C=O) groups is 1. The summed E-state index contributed by atoms with van der Waals surface area (Å²) in [5, 5.41) is 19.9. The smallest absolute Gasteiger partial charge is 0.197 e. The number of aromatic carboxylic acids is 1. The first-order valence-corrected chi connectivity index (χ1v) is 2.73. The molecule has 6 nitrogen and oxygen atoms in total. The van der Waals surface area contributed by atoms with E-state index < -0.39 is 5.97 Å². The van der Waals surface area contributed by atoms with Gasteiger partial charge in [-0.3, -0.25) is 0 Å². The molecule has 0 aromatic carbocycles. The van der Waals surface area contributed by atoms with Crippen molar-refractivity contribution in [1.29, 1.82) is 0 Å². The van der Waals surface area contributed by atoms with E-state index in [0.717, 1.165) is 4.68 Å². The van der Waals surface area contributed by atoms with Crippen molar-refractivity contribution in [2.45, 2.75) is 13.5 Å². The fourth-order valence-electron chi connectivity index (χ4n) is 0.564. The molecule has 0 saturated carbocycles. The predicted octanol–water partition coefficient (Wildman–Crippen LogP) is -1.94. The zero-order valence-corrected chi connectivity index (χ0v) is 5.31. The summed E-state index contributed by atoms with van der Waals surface area (Å²) in [6.07, 6.45) is 0. The molecular weight excluding hydrogens is 136 g/mol. The average molecular weight is 141 g/mol. The number of aryl methyl sites for hydroxylation is 1. The highest BCUT2D eigenvalue weighted by Gasteiger charge is 2.02. The Kier molecular flexibility index (Phi) is 1.61. The Hall–Kier alpha value is -1.46. The first-order chi connectivity index (χ1) is 4.75. The Labute approximate surface area is 56.5 Å². The standard InChI is InChI=1S/C4H6N4O2/c1-2-8-3(4(9)10)5-6-7-8/h2H2,1H3,(H,9,10)/p-1. The first-order valence-electron chi connectivity index (χ1n) is 2.73. The number of nitrogens with zero attached hydrogens (tertiary/aromatic N) is 4. The second-order valence-corrected chi connectivity index (χ2v) is 1.61. The zero-order valence-electron chi connectivity index (χ0n) is 5.31. The Balaban J connectivity index is 3.01. The van der Waals surface area contributed by atoms with Crippen molar-refractivity contribution in [1.82, 2.24) is 20.2 Å². The Bertz CT molecular complexity index is 243. The number of carboxylic acid groups (broad SMARTS) is 1. The van der Waals surface area contributed by atoms with Gasteiger partial charge in [0.25, 0.3) is 0 Å². The normalized spacial score (nSPS) is 9.70. The van der Waals surface area contributed by atoms with Crippen LogP contribution in [0.4, 0.5) is 0 Å². The number of hydrogen-bond acceptors (Lipinski definition) is 5. The Morgan fingerprint density at radius 1 is 1.80 bits per heavy atom. The second kappa shape index (κ2) is 2.42. The van der Waals surface area contributed by atoms with E-state index in [9.17, 15) is 9.90 Å². The van der Waals surface area contributed by atoms with Crippen LogP contribution >= 0.6 is 0 Å². The van der Waals surface area contributed by atoms with Gasteiger partial charge >= 0.3 is 0 Å². The van der Waals surface area contributed by atoms with Gasteiger partial charge < -0.3 is 9.90 Å². The van der Waals surface area contributed by atoms with Crippen LogP contribution in [-0.2, 0) is 6.54 Å². The highest BCUT2D eigenvalue weighted by molar-refractivity contribution is 5.80. The van der Waals surface area contributed by atoms with Crippen LogP contribution in [0, 0.1) is 0 Å². The minimum absolute atomic E-state index is 0.234. The van der Waals surface area contributed by atoms with Crippen LogP contribution in [0.2, 0.25) is 0 Å². The van der Waals surface area contributed by atoms with Gasteiger partial charge in [0, 0.05) is 6.54 Å². The molecule has 0 fully saturated rings. The van der Waals surface area contributed by atoms with Crippen LogP contribution in [-0.4, -0.2) is 26.2 Å². The summed E-state index contributed by atoms with van der Waals surface area (Å²) in [4.78, 5) is 10.2. The molecule has 0 N–H and O–H groups in total. The van der Waals surface area contributed by atoms with Gasteiger partial charge in [-0.05, 0) is 17.4 Å². The molecule has 1 rings (SSSR count). The first kappa shape index (κ1) is 6.66.